The number of aromatic nitrogens is 2. The summed E-state index contributed by atoms with van der Waals surface area (Å²) in [5.74, 6) is -0.912. The molecule has 2 aromatic heterocycles. The molecule has 0 bridgehead atoms. The van der Waals surface area contributed by atoms with Gasteiger partial charge in [0.2, 0.25) is 0 Å². The summed E-state index contributed by atoms with van der Waals surface area (Å²) in [6, 6.07) is 7.45. The smallest absolute Gasteiger partial charge is 0.311 e. The molecule has 0 aliphatic heterocycles. The maximum atomic E-state index is 12.1. The van der Waals surface area contributed by atoms with E-state index in [1.54, 1.807) is 0 Å². The van der Waals surface area contributed by atoms with Crippen molar-refractivity contribution in [3.05, 3.63) is 69.7 Å². The van der Waals surface area contributed by atoms with E-state index in [1.165, 1.54) is 6.07 Å². The lowest BCUT2D eigenvalue weighted by atomic mass is 10.1. The standard InChI is InChI=1S/C17H16N4O4/c1-11-3-2-8-20-10-13(19-16(11)20)6-7-18-17(23)12-4-5-15(22)14(9-12)21(24)25/h2-5,8-10,22H,6-7H2,1H3,(H,18,23). The zero-order chi connectivity index (χ0) is 18.0. The van der Waals surface area contributed by atoms with Crippen LogP contribution in [0.5, 0.6) is 5.75 Å². The van der Waals surface area contributed by atoms with Gasteiger partial charge in [-0.25, -0.2) is 4.98 Å². The normalized spacial score (nSPS) is 10.8. The van der Waals surface area contributed by atoms with Crippen molar-refractivity contribution in [2.75, 3.05) is 6.54 Å². The lowest BCUT2D eigenvalue weighted by molar-refractivity contribution is -0.385. The van der Waals surface area contributed by atoms with Crippen molar-refractivity contribution >= 4 is 17.2 Å². The van der Waals surface area contributed by atoms with E-state index < -0.39 is 22.3 Å². The highest BCUT2D eigenvalue weighted by atomic mass is 16.6. The molecule has 0 spiro atoms. The summed E-state index contributed by atoms with van der Waals surface area (Å²) in [5, 5.41) is 22.9. The predicted molar refractivity (Wildman–Crippen MR) is 90.7 cm³/mol. The van der Waals surface area contributed by atoms with Crippen molar-refractivity contribution in [2.24, 2.45) is 0 Å². The first-order valence-corrected chi connectivity index (χ1v) is 7.64. The molecule has 0 fully saturated rings. The van der Waals surface area contributed by atoms with Gasteiger partial charge >= 0.3 is 5.69 Å². The first-order valence-electron chi connectivity index (χ1n) is 7.64. The lowest BCUT2D eigenvalue weighted by Crippen LogP contribution is -2.25. The lowest BCUT2D eigenvalue weighted by Gasteiger charge is -2.04. The number of aromatic hydroxyl groups is 1. The first-order chi connectivity index (χ1) is 12.0. The Morgan fingerprint density at radius 3 is 2.92 bits per heavy atom. The van der Waals surface area contributed by atoms with E-state index in [0.717, 1.165) is 29.0 Å². The number of rotatable bonds is 5. The molecule has 0 aliphatic rings. The largest absolute Gasteiger partial charge is 0.502 e. The molecule has 3 aromatic rings. The van der Waals surface area contributed by atoms with Gasteiger partial charge in [0, 0.05) is 37.0 Å². The van der Waals surface area contributed by atoms with Gasteiger partial charge in [-0.05, 0) is 30.7 Å². The third-order valence-electron chi connectivity index (χ3n) is 3.83. The van der Waals surface area contributed by atoms with Gasteiger partial charge in [0.1, 0.15) is 5.65 Å². The molecule has 3 rings (SSSR count). The van der Waals surface area contributed by atoms with Gasteiger partial charge in [-0.1, -0.05) is 6.07 Å². The molecular weight excluding hydrogens is 324 g/mol. The maximum absolute atomic E-state index is 12.1. The van der Waals surface area contributed by atoms with Crippen LogP contribution in [0.15, 0.2) is 42.7 Å². The number of phenolic OH excluding ortho intramolecular Hbond substituents is 1. The van der Waals surface area contributed by atoms with Crippen LogP contribution in [0, 0.1) is 17.0 Å². The van der Waals surface area contributed by atoms with Crippen LogP contribution in [0.3, 0.4) is 0 Å². The number of nitro benzene ring substituents is 1. The number of carbonyl (C=O) groups excluding carboxylic acids is 1. The minimum atomic E-state index is -0.731. The molecule has 25 heavy (non-hydrogen) atoms. The van der Waals surface area contributed by atoms with Crippen LogP contribution in [0.4, 0.5) is 5.69 Å². The third kappa shape index (κ3) is 3.42. The summed E-state index contributed by atoms with van der Waals surface area (Å²) >= 11 is 0. The molecule has 2 heterocycles. The molecule has 128 valence electrons. The zero-order valence-electron chi connectivity index (χ0n) is 13.5. The van der Waals surface area contributed by atoms with Crippen molar-refractivity contribution < 1.29 is 14.8 Å². The van der Waals surface area contributed by atoms with E-state index in [4.69, 9.17) is 0 Å². The summed E-state index contributed by atoms with van der Waals surface area (Å²) in [6.07, 6.45) is 4.35. The van der Waals surface area contributed by atoms with Crippen molar-refractivity contribution in [1.29, 1.82) is 0 Å². The van der Waals surface area contributed by atoms with Gasteiger partial charge in [-0.2, -0.15) is 0 Å². The number of fused-ring (bicyclic) bond motifs is 1. The number of nitrogens with zero attached hydrogens (tertiary/aromatic N) is 3. The Labute approximate surface area is 142 Å². The van der Waals surface area contributed by atoms with Crippen LogP contribution in [-0.2, 0) is 6.42 Å². The van der Waals surface area contributed by atoms with E-state index in [9.17, 15) is 20.0 Å². The quantitative estimate of drug-likeness (QED) is 0.547. The highest BCUT2D eigenvalue weighted by Crippen LogP contribution is 2.26. The Bertz CT molecular complexity index is 964. The highest BCUT2D eigenvalue weighted by molar-refractivity contribution is 5.95. The first kappa shape index (κ1) is 16.4. The number of nitro groups is 1. The number of amides is 1. The number of hydrogen-bond donors (Lipinski definition) is 2. The number of pyridine rings is 1. The van der Waals surface area contributed by atoms with E-state index in [2.05, 4.69) is 10.3 Å². The molecule has 0 saturated heterocycles. The predicted octanol–water partition coefficient (Wildman–Crippen LogP) is 2.23. The molecule has 0 radical (unpaired) electrons. The average Bonchev–Trinajstić information content (AvgIpc) is 2.99. The van der Waals surface area contributed by atoms with E-state index in [-0.39, 0.29) is 5.56 Å². The monoisotopic (exact) mass is 340 g/mol. The SMILES string of the molecule is Cc1cccn2cc(CCNC(=O)c3ccc(O)c([N+](=O)[O-])c3)nc12. The molecule has 8 heteroatoms. The summed E-state index contributed by atoms with van der Waals surface area (Å²) in [7, 11) is 0. The number of aryl methyl sites for hydroxylation is 1. The van der Waals surface area contributed by atoms with E-state index >= 15 is 0 Å². The minimum absolute atomic E-state index is 0.121. The Morgan fingerprint density at radius 2 is 2.20 bits per heavy atom. The second kappa shape index (κ2) is 6.60. The fraction of sp³-hybridized carbons (Fsp3) is 0.176. The summed E-state index contributed by atoms with van der Waals surface area (Å²) in [5.41, 5.74) is 2.40. The van der Waals surface area contributed by atoms with Crippen LogP contribution < -0.4 is 5.32 Å². The highest BCUT2D eigenvalue weighted by Gasteiger charge is 2.16. The number of benzene rings is 1. The fourth-order valence-electron chi connectivity index (χ4n) is 2.54. The molecule has 1 amide bonds. The maximum Gasteiger partial charge on any atom is 0.311 e. The van der Waals surface area contributed by atoms with Gasteiger partial charge in [-0.15, -0.1) is 0 Å². The van der Waals surface area contributed by atoms with E-state index in [1.807, 2.05) is 35.9 Å². The number of hydrogen-bond acceptors (Lipinski definition) is 5. The molecule has 0 atom stereocenters. The Balaban J connectivity index is 1.65. The molecule has 2 N–H and O–H groups in total. The van der Waals surface area contributed by atoms with Crippen molar-refractivity contribution in [1.82, 2.24) is 14.7 Å². The molecule has 0 unspecified atom stereocenters. The van der Waals surface area contributed by atoms with Gasteiger partial charge in [0.15, 0.2) is 5.75 Å². The van der Waals surface area contributed by atoms with E-state index in [0.29, 0.717) is 13.0 Å². The average molecular weight is 340 g/mol. The number of carbonyl (C=O) groups is 1. The van der Waals surface area contributed by atoms with Crippen LogP contribution in [0.1, 0.15) is 21.6 Å². The molecule has 0 saturated carbocycles. The van der Waals surface area contributed by atoms with Crippen molar-refractivity contribution in [3.8, 4) is 5.75 Å². The van der Waals surface area contributed by atoms with Crippen LogP contribution in [0.2, 0.25) is 0 Å². The van der Waals surface area contributed by atoms with Gasteiger partial charge in [0.25, 0.3) is 5.91 Å². The number of imidazole rings is 1. The molecule has 8 nitrogen and oxygen atoms in total. The van der Waals surface area contributed by atoms with Gasteiger partial charge in [0.05, 0.1) is 10.6 Å². The Morgan fingerprint density at radius 1 is 1.40 bits per heavy atom. The summed E-state index contributed by atoms with van der Waals surface area (Å²) in [6.45, 7) is 2.32. The van der Waals surface area contributed by atoms with Crippen LogP contribution in [0.25, 0.3) is 5.65 Å². The number of phenols is 1. The minimum Gasteiger partial charge on any atom is -0.502 e. The Hall–Kier alpha value is -3.42. The van der Waals surface area contributed by atoms with Gasteiger partial charge in [-0.3, -0.25) is 14.9 Å². The van der Waals surface area contributed by atoms with Crippen molar-refractivity contribution in [2.45, 2.75) is 13.3 Å². The topological polar surface area (TPSA) is 110 Å². The summed E-state index contributed by atoms with van der Waals surface area (Å²) in [4.78, 5) is 26.7. The van der Waals surface area contributed by atoms with Crippen LogP contribution in [-0.4, -0.2) is 31.9 Å². The molecule has 1 aromatic carbocycles. The van der Waals surface area contributed by atoms with Crippen LogP contribution >= 0.6 is 0 Å². The second-order valence-corrected chi connectivity index (χ2v) is 5.62. The second-order valence-electron chi connectivity index (χ2n) is 5.62. The Kier molecular flexibility index (Phi) is 4.34. The fourth-order valence-corrected chi connectivity index (χ4v) is 2.54. The molecule has 0 aliphatic carbocycles. The van der Waals surface area contributed by atoms with Crippen molar-refractivity contribution in [3.63, 3.8) is 0 Å². The van der Waals surface area contributed by atoms with Gasteiger partial charge < -0.3 is 14.8 Å². The summed E-state index contributed by atoms with van der Waals surface area (Å²) < 4.78 is 1.93. The number of nitrogens with one attached hydrogen (secondary N) is 1. The molecular formula is C17H16N4O4. The third-order valence-corrected chi connectivity index (χ3v) is 3.83. The zero-order valence-corrected chi connectivity index (χ0v) is 13.5.